The molecule has 0 saturated heterocycles. The van der Waals surface area contributed by atoms with E-state index in [-0.39, 0.29) is 18.2 Å². The van der Waals surface area contributed by atoms with Crippen molar-refractivity contribution in [3.8, 4) is 11.5 Å². The second-order valence-electron chi connectivity index (χ2n) is 5.11. The standard InChI is InChI=1S/C15H23NO3/c1-10(16-12-5-4-6-13(12)17)11-7-8-14(18-2)15(9-11)19-3/h7-10,12-13,16-17H,4-6H2,1-3H3. The average Bonchev–Trinajstić information content (AvgIpc) is 2.83. The highest BCUT2D eigenvalue weighted by atomic mass is 16.5. The van der Waals surface area contributed by atoms with Crippen LogP contribution in [0.3, 0.4) is 0 Å². The molecule has 106 valence electrons. The van der Waals surface area contributed by atoms with Gasteiger partial charge >= 0.3 is 0 Å². The van der Waals surface area contributed by atoms with Crippen LogP contribution in [0.5, 0.6) is 11.5 Å². The number of methoxy groups -OCH3 is 2. The Kier molecular flexibility index (Phi) is 4.66. The summed E-state index contributed by atoms with van der Waals surface area (Å²) in [6, 6.07) is 6.30. The van der Waals surface area contributed by atoms with Crippen LogP contribution in [-0.4, -0.2) is 31.5 Å². The van der Waals surface area contributed by atoms with Gasteiger partial charge in [-0.2, -0.15) is 0 Å². The third-order valence-corrected chi connectivity index (χ3v) is 3.85. The summed E-state index contributed by atoms with van der Waals surface area (Å²) in [4.78, 5) is 0. The second kappa shape index (κ2) is 6.26. The van der Waals surface area contributed by atoms with Crippen molar-refractivity contribution in [1.29, 1.82) is 0 Å². The number of rotatable bonds is 5. The fraction of sp³-hybridized carbons (Fsp3) is 0.600. The first-order valence-corrected chi connectivity index (χ1v) is 6.81. The monoisotopic (exact) mass is 265 g/mol. The van der Waals surface area contributed by atoms with Crippen LogP contribution in [0.15, 0.2) is 18.2 Å². The first-order valence-electron chi connectivity index (χ1n) is 6.81. The molecule has 4 nitrogen and oxygen atoms in total. The van der Waals surface area contributed by atoms with E-state index in [1.807, 2.05) is 18.2 Å². The summed E-state index contributed by atoms with van der Waals surface area (Å²) < 4.78 is 10.6. The molecule has 1 aromatic rings. The molecule has 1 aliphatic rings. The first-order chi connectivity index (χ1) is 9.15. The van der Waals surface area contributed by atoms with Gasteiger partial charge in [-0.3, -0.25) is 0 Å². The van der Waals surface area contributed by atoms with Crippen molar-refractivity contribution in [3.05, 3.63) is 23.8 Å². The van der Waals surface area contributed by atoms with Crippen LogP contribution in [0.4, 0.5) is 0 Å². The number of aliphatic hydroxyl groups excluding tert-OH is 1. The maximum Gasteiger partial charge on any atom is 0.161 e. The van der Waals surface area contributed by atoms with Crippen LogP contribution >= 0.6 is 0 Å². The summed E-state index contributed by atoms with van der Waals surface area (Å²) in [6.45, 7) is 2.10. The van der Waals surface area contributed by atoms with E-state index in [0.717, 1.165) is 36.3 Å². The van der Waals surface area contributed by atoms with Crippen LogP contribution in [0.2, 0.25) is 0 Å². The van der Waals surface area contributed by atoms with Gasteiger partial charge < -0.3 is 19.9 Å². The topological polar surface area (TPSA) is 50.7 Å². The van der Waals surface area contributed by atoms with Crippen molar-refractivity contribution in [1.82, 2.24) is 5.32 Å². The van der Waals surface area contributed by atoms with Gasteiger partial charge in [0.05, 0.1) is 20.3 Å². The van der Waals surface area contributed by atoms with Crippen molar-refractivity contribution in [2.24, 2.45) is 0 Å². The Morgan fingerprint density at radius 1 is 1.21 bits per heavy atom. The molecule has 0 amide bonds. The lowest BCUT2D eigenvalue weighted by Crippen LogP contribution is -2.37. The van der Waals surface area contributed by atoms with E-state index in [9.17, 15) is 5.11 Å². The summed E-state index contributed by atoms with van der Waals surface area (Å²) in [5, 5.41) is 13.3. The van der Waals surface area contributed by atoms with E-state index in [1.54, 1.807) is 14.2 Å². The number of benzene rings is 1. The number of aliphatic hydroxyl groups is 1. The molecule has 0 bridgehead atoms. The minimum atomic E-state index is -0.220. The normalized spacial score (nSPS) is 24.2. The molecule has 19 heavy (non-hydrogen) atoms. The fourth-order valence-corrected chi connectivity index (χ4v) is 2.67. The van der Waals surface area contributed by atoms with E-state index in [1.165, 1.54) is 0 Å². The van der Waals surface area contributed by atoms with Gasteiger partial charge in [-0.05, 0) is 43.9 Å². The molecule has 4 heteroatoms. The highest BCUT2D eigenvalue weighted by Crippen LogP contribution is 2.30. The zero-order chi connectivity index (χ0) is 13.8. The maximum atomic E-state index is 9.86. The third kappa shape index (κ3) is 3.19. The molecule has 3 unspecified atom stereocenters. The molecular formula is C15H23NO3. The molecule has 0 spiro atoms. The Labute approximate surface area is 114 Å². The van der Waals surface area contributed by atoms with E-state index in [4.69, 9.17) is 9.47 Å². The molecule has 0 aromatic heterocycles. The van der Waals surface area contributed by atoms with Crippen molar-refractivity contribution in [2.45, 2.75) is 44.4 Å². The second-order valence-corrected chi connectivity index (χ2v) is 5.11. The van der Waals surface area contributed by atoms with Gasteiger partial charge in [0.15, 0.2) is 11.5 Å². The number of nitrogens with one attached hydrogen (secondary N) is 1. The molecule has 1 fully saturated rings. The molecule has 0 heterocycles. The lowest BCUT2D eigenvalue weighted by atomic mass is 10.1. The summed E-state index contributed by atoms with van der Waals surface area (Å²) in [5.74, 6) is 1.47. The number of hydrogen-bond acceptors (Lipinski definition) is 4. The molecule has 0 aliphatic heterocycles. The zero-order valence-electron chi connectivity index (χ0n) is 11.8. The van der Waals surface area contributed by atoms with Crippen molar-refractivity contribution >= 4 is 0 Å². The van der Waals surface area contributed by atoms with E-state index < -0.39 is 0 Å². The summed E-state index contributed by atoms with van der Waals surface area (Å²) >= 11 is 0. The minimum absolute atomic E-state index is 0.178. The Hall–Kier alpha value is -1.26. The maximum absolute atomic E-state index is 9.86. The molecular weight excluding hydrogens is 242 g/mol. The van der Waals surface area contributed by atoms with E-state index in [0.29, 0.717) is 0 Å². The van der Waals surface area contributed by atoms with Crippen LogP contribution in [-0.2, 0) is 0 Å². The van der Waals surface area contributed by atoms with Crippen molar-refractivity contribution < 1.29 is 14.6 Å². The average molecular weight is 265 g/mol. The predicted octanol–water partition coefficient (Wildman–Crippen LogP) is 2.27. The lowest BCUT2D eigenvalue weighted by molar-refractivity contribution is 0.144. The fourth-order valence-electron chi connectivity index (χ4n) is 2.67. The Bertz CT molecular complexity index is 422. The first kappa shape index (κ1) is 14.2. The third-order valence-electron chi connectivity index (χ3n) is 3.85. The quantitative estimate of drug-likeness (QED) is 0.857. The number of ether oxygens (including phenoxy) is 2. The van der Waals surface area contributed by atoms with Crippen LogP contribution in [0.1, 0.15) is 37.8 Å². The predicted molar refractivity (Wildman–Crippen MR) is 74.7 cm³/mol. The van der Waals surface area contributed by atoms with Gasteiger partial charge in [0.25, 0.3) is 0 Å². The highest BCUT2D eigenvalue weighted by Gasteiger charge is 2.26. The largest absolute Gasteiger partial charge is 0.493 e. The lowest BCUT2D eigenvalue weighted by Gasteiger charge is -2.23. The van der Waals surface area contributed by atoms with Crippen LogP contribution < -0.4 is 14.8 Å². The number of hydrogen-bond donors (Lipinski definition) is 2. The molecule has 3 atom stereocenters. The Balaban J connectivity index is 2.08. The minimum Gasteiger partial charge on any atom is -0.493 e. The van der Waals surface area contributed by atoms with Gasteiger partial charge in [-0.25, -0.2) is 0 Å². The zero-order valence-corrected chi connectivity index (χ0v) is 11.8. The summed E-state index contributed by atoms with van der Waals surface area (Å²) in [5.41, 5.74) is 1.14. The molecule has 1 saturated carbocycles. The molecule has 1 aliphatic carbocycles. The SMILES string of the molecule is COc1ccc(C(C)NC2CCCC2O)cc1OC. The van der Waals surface area contributed by atoms with Gasteiger partial charge in [0, 0.05) is 12.1 Å². The van der Waals surface area contributed by atoms with Gasteiger partial charge in [-0.1, -0.05) is 6.07 Å². The van der Waals surface area contributed by atoms with E-state index in [2.05, 4.69) is 12.2 Å². The Morgan fingerprint density at radius 3 is 2.53 bits per heavy atom. The Morgan fingerprint density at radius 2 is 1.95 bits per heavy atom. The van der Waals surface area contributed by atoms with Crippen molar-refractivity contribution in [2.75, 3.05) is 14.2 Å². The highest BCUT2D eigenvalue weighted by molar-refractivity contribution is 5.43. The summed E-state index contributed by atoms with van der Waals surface area (Å²) in [7, 11) is 3.27. The van der Waals surface area contributed by atoms with Crippen LogP contribution in [0.25, 0.3) is 0 Å². The van der Waals surface area contributed by atoms with Gasteiger partial charge in [0.1, 0.15) is 0 Å². The molecule has 2 rings (SSSR count). The van der Waals surface area contributed by atoms with Crippen molar-refractivity contribution in [3.63, 3.8) is 0 Å². The van der Waals surface area contributed by atoms with Crippen LogP contribution in [0, 0.1) is 0 Å². The molecule has 1 aromatic carbocycles. The summed E-state index contributed by atoms with van der Waals surface area (Å²) in [6.07, 6.45) is 2.81. The van der Waals surface area contributed by atoms with Gasteiger partial charge in [-0.15, -0.1) is 0 Å². The molecule has 0 radical (unpaired) electrons. The molecule has 2 N–H and O–H groups in total. The van der Waals surface area contributed by atoms with E-state index >= 15 is 0 Å². The van der Waals surface area contributed by atoms with Gasteiger partial charge in [0.2, 0.25) is 0 Å². The smallest absolute Gasteiger partial charge is 0.161 e.